The van der Waals surface area contributed by atoms with Gasteiger partial charge >= 0.3 is 11.9 Å². The van der Waals surface area contributed by atoms with E-state index in [-0.39, 0.29) is 24.9 Å². The van der Waals surface area contributed by atoms with Crippen LogP contribution in [0.3, 0.4) is 0 Å². The molecule has 0 amide bonds. The van der Waals surface area contributed by atoms with Gasteiger partial charge in [0.25, 0.3) is 0 Å². The normalized spacial score (nSPS) is 23.3. The molecule has 0 radical (unpaired) electrons. The van der Waals surface area contributed by atoms with Gasteiger partial charge in [-0.05, 0) is 30.9 Å². The summed E-state index contributed by atoms with van der Waals surface area (Å²) < 4.78 is 16.0. The van der Waals surface area contributed by atoms with Gasteiger partial charge < -0.3 is 19.5 Å². The van der Waals surface area contributed by atoms with Crippen molar-refractivity contribution < 1.29 is 28.6 Å². The van der Waals surface area contributed by atoms with E-state index in [0.717, 1.165) is 15.7 Å². The molecule has 1 aliphatic carbocycles. The molecule has 3 atom stereocenters. The van der Waals surface area contributed by atoms with Crippen molar-refractivity contribution in [2.45, 2.75) is 26.2 Å². The van der Waals surface area contributed by atoms with Crippen molar-refractivity contribution in [1.29, 1.82) is 0 Å². The number of hydrogen-bond acceptors (Lipinski definition) is 7. The lowest BCUT2D eigenvalue weighted by Crippen LogP contribution is -2.43. The Morgan fingerprint density at radius 2 is 1.90 bits per heavy atom. The van der Waals surface area contributed by atoms with E-state index in [4.69, 9.17) is 14.2 Å². The molecule has 0 spiro atoms. The van der Waals surface area contributed by atoms with Gasteiger partial charge in [0.05, 0.1) is 19.3 Å². The lowest BCUT2D eigenvalue weighted by atomic mass is 9.69. The fourth-order valence-electron chi connectivity index (χ4n) is 4.27. The molecule has 3 rings (SSSR count). The number of halogens is 1. The molecule has 0 bridgehead atoms. The molecule has 2 aliphatic rings. The van der Waals surface area contributed by atoms with Gasteiger partial charge in [0.1, 0.15) is 12.5 Å². The first kappa shape index (κ1) is 23.2. The summed E-state index contributed by atoms with van der Waals surface area (Å²) in [6.07, 6.45) is 0.491. The predicted octanol–water partition coefficient (Wildman–Crippen LogP) is 3.25. The van der Waals surface area contributed by atoms with Crippen molar-refractivity contribution in [2.24, 2.45) is 11.8 Å². The molecule has 0 aromatic heterocycles. The zero-order chi connectivity index (χ0) is 22.7. The van der Waals surface area contributed by atoms with Gasteiger partial charge in [-0.25, -0.2) is 4.79 Å². The monoisotopic (exact) mass is 491 g/mol. The van der Waals surface area contributed by atoms with Gasteiger partial charge in [0.15, 0.2) is 5.78 Å². The maximum atomic E-state index is 13.6. The van der Waals surface area contributed by atoms with E-state index in [1.807, 2.05) is 31.2 Å². The van der Waals surface area contributed by atoms with Crippen LogP contribution in [0.2, 0.25) is 0 Å². The predicted molar refractivity (Wildman–Crippen MR) is 117 cm³/mol. The first-order valence-corrected chi connectivity index (χ1v) is 10.8. The third kappa shape index (κ3) is 4.45. The zero-order valence-corrected chi connectivity index (χ0v) is 19.6. The summed E-state index contributed by atoms with van der Waals surface area (Å²) in [5, 5.41) is 3.24. The third-order valence-corrected chi connectivity index (χ3v) is 6.42. The van der Waals surface area contributed by atoms with Crippen molar-refractivity contribution in [2.75, 3.05) is 27.4 Å². The summed E-state index contributed by atoms with van der Waals surface area (Å²) in [6.45, 7) is 4.00. The molecule has 1 N–H and O–H groups in total. The maximum Gasteiger partial charge on any atom is 0.336 e. The summed E-state index contributed by atoms with van der Waals surface area (Å²) in [7, 11) is 2.80. The second-order valence-corrected chi connectivity index (χ2v) is 8.54. The summed E-state index contributed by atoms with van der Waals surface area (Å²) in [4.78, 5) is 39.1. The standard InChI is InChI=1S/C23H26BrNO6/c1-12-11-16-20(21(26)17(12)22(27)30-4)19(14-7-5-6-8-15(14)24)18(13(2)25-16)23(28)31-10-9-29-3/h5-8,12,17,19,25H,9-11H2,1-4H3. The van der Waals surface area contributed by atoms with Gasteiger partial charge in [-0.15, -0.1) is 0 Å². The molecule has 1 aromatic carbocycles. The number of ketones is 1. The van der Waals surface area contributed by atoms with Crippen LogP contribution in [-0.2, 0) is 28.6 Å². The number of esters is 2. The molecule has 1 aromatic rings. The number of carbonyl (C=O) groups is 3. The summed E-state index contributed by atoms with van der Waals surface area (Å²) in [5.74, 6) is -3.24. The van der Waals surface area contributed by atoms with Gasteiger partial charge in [-0.1, -0.05) is 41.1 Å². The summed E-state index contributed by atoms with van der Waals surface area (Å²) in [6, 6.07) is 7.42. The number of dihydropyridines is 1. The second-order valence-electron chi connectivity index (χ2n) is 7.69. The molecule has 166 valence electrons. The van der Waals surface area contributed by atoms with Crippen molar-refractivity contribution >= 4 is 33.7 Å². The lowest BCUT2D eigenvalue weighted by molar-refractivity contribution is -0.151. The minimum atomic E-state index is -0.917. The van der Waals surface area contributed by atoms with Crippen LogP contribution < -0.4 is 5.32 Å². The Kier molecular flexibility index (Phi) is 7.33. The van der Waals surface area contributed by atoms with Crippen LogP contribution in [0.4, 0.5) is 0 Å². The second kappa shape index (κ2) is 9.78. The molecule has 31 heavy (non-hydrogen) atoms. The number of Topliss-reactive ketones (excluding diaryl/α,β-unsaturated/α-hetero) is 1. The fraction of sp³-hybridized carbons (Fsp3) is 0.435. The highest BCUT2D eigenvalue weighted by atomic mass is 79.9. The molecule has 3 unspecified atom stereocenters. The van der Waals surface area contributed by atoms with Crippen LogP contribution in [0.15, 0.2) is 51.3 Å². The Balaban J connectivity index is 2.14. The Bertz CT molecular complexity index is 967. The van der Waals surface area contributed by atoms with Crippen LogP contribution >= 0.6 is 15.9 Å². The smallest absolute Gasteiger partial charge is 0.336 e. The number of methoxy groups -OCH3 is 2. The van der Waals surface area contributed by atoms with Gasteiger partial charge in [-0.2, -0.15) is 0 Å². The highest BCUT2D eigenvalue weighted by molar-refractivity contribution is 9.10. The number of rotatable bonds is 6. The Hall–Kier alpha value is -2.45. The number of carbonyl (C=O) groups excluding carboxylic acids is 3. The van der Waals surface area contributed by atoms with E-state index >= 15 is 0 Å². The van der Waals surface area contributed by atoms with Gasteiger partial charge in [0, 0.05) is 34.5 Å². The molecule has 0 saturated heterocycles. The van der Waals surface area contributed by atoms with Crippen molar-refractivity contribution in [3.8, 4) is 0 Å². The maximum absolute atomic E-state index is 13.6. The first-order valence-electron chi connectivity index (χ1n) is 10.0. The topological polar surface area (TPSA) is 90.9 Å². The number of benzene rings is 1. The van der Waals surface area contributed by atoms with E-state index in [1.165, 1.54) is 14.2 Å². The van der Waals surface area contributed by atoms with Crippen LogP contribution in [0.1, 0.15) is 31.7 Å². The Labute approximate surface area is 189 Å². The number of allylic oxidation sites excluding steroid dienone is 3. The Morgan fingerprint density at radius 3 is 2.55 bits per heavy atom. The van der Waals surface area contributed by atoms with Crippen molar-refractivity contribution in [3.05, 3.63) is 56.8 Å². The van der Waals surface area contributed by atoms with Gasteiger partial charge in [-0.3, -0.25) is 9.59 Å². The summed E-state index contributed by atoms with van der Waals surface area (Å²) >= 11 is 3.56. The Morgan fingerprint density at radius 1 is 1.19 bits per heavy atom. The molecule has 7 nitrogen and oxygen atoms in total. The lowest BCUT2D eigenvalue weighted by Gasteiger charge is -2.38. The molecular weight excluding hydrogens is 466 g/mol. The zero-order valence-electron chi connectivity index (χ0n) is 18.0. The number of nitrogens with one attached hydrogen (secondary N) is 1. The first-order chi connectivity index (χ1) is 14.8. The van der Waals surface area contributed by atoms with Crippen molar-refractivity contribution in [1.82, 2.24) is 5.32 Å². The average Bonchev–Trinajstić information content (AvgIpc) is 2.73. The molecule has 1 heterocycles. The number of ether oxygens (including phenoxy) is 3. The van der Waals surface area contributed by atoms with Crippen LogP contribution in [0.5, 0.6) is 0 Å². The van der Waals surface area contributed by atoms with E-state index < -0.39 is 23.8 Å². The molecule has 0 saturated carbocycles. The minimum Gasteiger partial charge on any atom is -0.468 e. The highest BCUT2D eigenvalue weighted by Crippen LogP contribution is 2.46. The molecular formula is C23H26BrNO6. The van der Waals surface area contributed by atoms with E-state index in [9.17, 15) is 14.4 Å². The quantitative estimate of drug-likeness (QED) is 0.371. The molecule has 0 fully saturated rings. The van der Waals surface area contributed by atoms with Crippen LogP contribution in [0, 0.1) is 11.8 Å². The third-order valence-electron chi connectivity index (χ3n) is 5.70. The van der Waals surface area contributed by atoms with Crippen LogP contribution in [-0.4, -0.2) is 45.2 Å². The number of hydrogen-bond donors (Lipinski definition) is 1. The van der Waals surface area contributed by atoms with E-state index in [2.05, 4.69) is 21.2 Å². The highest BCUT2D eigenvalue weighted by Gasteiger charge is 2.47. The fourth-order valence-corrected chi connectivity index (χ4v) is 4.78. The average molecular weight is 492 g/mol. The molecule has 1 aliphatic heterocycles. The van der Waals surface area contributed by atoms with E-state index in [0.29, 0.717) is 23.3 Å². The van der Waals surface area contributed by atoms with Crippen molar-refractivity contribution in [3.63, 3.8) is 0 Å². The van der Waals surface area contributed by atoms with E-state index in [1.54, 1.807) is 6.92 Å². The minimum absolute atomic E-state index is 0.0937. The largest absolute Gasteiger partial charge is 0.468 e. The summed E-state index contributed by atoms with van der Waals surface area (Å²) in [5.41, 5.74) is 2.85. The van der Waals surface area contributed by atoms with Gasteiger partial charge in [0.2, 0.25) is 0 Å². The SMILES string of the molecule is COCCOC(=O)C1=C(C)NC2=C(C(=O)C(C(=O)OC)C(C)C2)C1c1ccccc1Br. The van der Waals surface area contributed by atoms with Crippen LogP contribution in [0.25, 0.3) is 0 Å². The molecule has 8 heteroatoms.